The van der Waals surface area contributed by atoms with Crippen molar-refractivity contribution in [3.05, 3.63) is 48.0 Å². The van der Waals surface area contributed by atoms with Gasteiger partial charge < -0.3 is 25.0 Å². The fourth-order valence-corrected chi connectivity index (χ4v) is 5.42. The predicted octanol–water partition coefficient (Wildman–Crippen LogP) is 3.33. The van der Waals surface area contributed by atoms with Crippen molar-refractivity contribution in [3.8, 4) is 11.5 Å². The number of anilines is 2. The maximum atomic E-state index is 13.5. The molecule has 1 aliphatic carbocycles. The molecule has 9 nitrogen and oxygen atoms in total. The molecule has 9 heteroatoms. The Morgan fingerprint density at radius 1 is 0.861 bits per heavy atom. The number of piperazine rings is 1. The Hall–Kier alpha value is -3.59. The molecule has 0 aromatic heterocycles. The molecule has 1 saturated heterocycles. The van der Waals surface area contributed by atoms with Crippen molar-refractivity contribution in [2.45, 2.75) is 38.6 Å². The van der Waals surface area contributed by atoms with Crippen molar-refractivity contribution in [2.24, 2.45) is 5.92 Å². The van der Waals surface area contributed by atoms with Gasteiger partial charge in [0.1, 0.15) is 0 Å². The van der Waals surface area contributed by atoms with Crippen LogP contribution in [0.2, 0.25) is 0 Å². The van der Waals surface area contributed by atoms with Gasteiger partial charge in [0.15, 0.2) is 11.5 Å². The fraction of sp³-hybridized carbons (Fsp3) is 0.444. The minimum Gasteiger partial charge on any atom is -0.454 e. The predicted molar refractivity (Wildman–Crippen MR) is 135 cm³/mol. The molecule has 2 heterocycles. The highest BCUT2D eigenvalue weighted by molar-refractivity contribution is 5.96. The minimum atomic E-state index is -0.231. The zero-order valence-corrected chi connectivity index (χ0v) is 20.5. The van der Waals surface area contributed by atoms with Gasteiger partial charge in [-0.25, -0.2) is 0 Å². The molecule has 3 aliphatic rings. The summed E-state index contributed by atoms with van der Waals surface area (Å²) in [6, 6.07) is 12.2. The summed E-state index contributed by atoms with van der Waals surface area (Å²) in [4.78, 5) is 41.9. The van der Waals surface area contributed by atoms with Crippen LogP contribution in [0.3, 0.4) is 0 Å². The monoisotopic (exact) mass is 492 g/mol. The SMILES string of the molecule is CC(=O)Nc1ccc(NC(=O)C(C2CCCC2)N2CCN(C(=O)c3ccc4c(c3)OCO4)CC2)cc1. The molecule has 0 bridgehead atoms. The number of carbonyl (C=O) groups excluding carboxylic acids is 3. The number of carbonyl (C=O) groups is 3. The number of ether oxygens (including phenoxy) is 2. The molecule has 36 heavy (non-hydrogen) atoms. The number of rotatable bonds is 6. The van der Waals surface area contributed by atoms with Gasteiger partial charge in [-0.05, 0) is 61.2 Å². The van der Waals surface area contributed by atoms with E-state index in [0.29, 0.717) is 60.5 Å². The summed E-state index contributed by atoms with van der Waals surface area (Å²) in [5.41, 5.74) is 1.98. The molecule has 2 N–H and O–H groups in total. The van der Waals surface area contributed by atoms with E-state index in [0.717, 1.165) is 25.7 Å². The molecule has 0 radical (unpaired) electrons. The Balaban J connectivity index is 1.23. The number of nitrogens with one attached hydrogen (secondary N) is 2. The van der Waals surface area contributed by atoms with Crippen LogP contribution in [0.1, 0.15) is 43.0 Å². The first-order valence-electron chi connectivity index (χ1n) is 12.6. The Labute approximate surface area is 210 Å². The van der Waals surface area contributed by atoms with Gasteiger partial charge in [0.05, 0.1) is 6.04 Å². The van der Waals surface area contributed by atoms with Crippen LogP contribution in [0, 0.1) is 5.92 Å². The summed E-state index contributed by atoms with van der Waals surface area (Å²) in [6.45, 7) is 4.06. The smallest absolute Gasteiger partial charge is 0.254 e. The molecule has 1 atom stereocenters. The molecule has 5 rings (SSSR count). The van der Waals surface area contributed by atoms with Gasteiger partial charge in [0, 0.05) is 50.0 Å². The zero-order chi connectivity index (χ0) is 25.1. The number of hydrogen-bond acceptors (Lipinski definition) is 6. The van der Waals surface area contributed by atoms with E-state index in [2.05, 4.69) is 15.5 Å². The number of hydrogen-bond donors (Lipinski definition) is 2. The molecular weight excluding hydrogens is 460 g/mol. The van der Waals surface area contributed by atoms with E-state index in [4.69, 9.17) is 9.47 Å². The van der Waals surface area contributed by atoms with Gasteiger partial charge in [0.25, 0.3) is 5.91 Å². The number of benzene rings is 2. The van der Waals surface area contributed by atoms with E-state index >= 15 is 0 Å². The number of amides is 3. The third-order valence-corrected chi connectivity index (χ3v) is 7.20. The lowest BCUT2D eigenvalue weighted by Crippen LogP contribution is -2.56. The van der Waals surface area contributed by atoms with Crippen molar-refractivity contribution < 1.29 is 23.9 Å². The average molecular weight is 493 g/mol. The molecule has 190 valence electrons. The van der Waals surface area contributed by atoms with Crippen LogP contribution in [0.15, 0.2) is 42.5 Å². The van der Waals surface area contributed by atoms with Crippen LogP contribution in [0.5, 0.6) is 11.5 Å². The second-order valence-electron chi connectivity index (χ2n) is 9.63. The van der Waals surface area contributed by atoms with Crippen molar-refractivity contribution in [1.82, 2.24) is 9.80 Å². The van der Waals surface area contributed by atoms with Crippen LogP contribution in [0.4, 0.5) is 11.4 Å². The van der Waals surface area contributed by atoms with E-state index in [1.54, 1.807) is 42.5 Å². The quantitative estimate of drug-likeness (QED) is 0.642. The fourth-order valence-electron chi connectivity index (χ4n) is 5.42. The number of nitrogens with zero attached hydrogens (tertiary/aromatic N) is 2. The van der Waals surface area contributed by atoms with Crippen LogP contribution in [-0.2, 0) is 9.59 Å². The summed E-state index contributed by atoms with van der Waals surface area (Å²) in [6.07, 6.45) is 4.36. The maximum Gasteiger partial charge on any atom is 0.254 e. The first-order valence-corrected chi connectivity index (χ1v) is 12.6. The second-order valence-corrected chi connectivity index (χ2v) is 9.63. The first-order chi connectivity index (χ1) is 17.5. The molecule has 2 aliphatic heterocycles. The Kier molecular flexibility index (Phi) is 7.09. The molecule has 1 unspecified atom stereocenters. The molecular formula is C27H32N4O5. The van der Waals surface area contributed by atoms with Crippen molar-refractivity contribution in [2.75, 3.05) is 43.6 Å². The van der Waals surface area contributed by atoms with Gasteiger partial charge in [-0.3, -0.25) is 19.3 Å². The third kappa shape index (κ3) is 5.31. The van der Waals surface area contributed by atoms with Crippen molar-refractivity contribution in [1.29, 1.82) is 0 Å². The van der Waals surface area contributed by atoms with Gasteiger partial charge in [0.2, 0.25) is 18.6 Å². The minimum absolute atomic E-state index is 0.00951. The number of fused-ring (bicyclic) bond motifs is 1. The van der Waals surface area contributed by atoms with Gasteiger partial charge in [-0.15, -0.1) is 0 Å². The largest absolute Gasteiger partial charge is 0.454 e. The lowest BCUT2D eigenvalue weighted by atomic mass is 9.94. The molecule has 2 aromatic rings. The molecule has 3 amide bonds. The average Bonchev–Trinajstić information content (AvgIpc) is 3.57. The second kappa shape index (κ2) is 10.6. The molecule has 1 saturated carbocycles. The van der Waals surface area contributed by atoms with Crippen LogP contribution in [-0.4, -0.2) is 66.5 Å². The zero-order valence-electron chi connectivity index (χ0n) is 20.5. The topological polar surface area (TPSA) is 100 Å². The van der Waals surface area contributed by atoms with Crippen LogP contribution < -0.4 is 20.1 Å². The van der Waals surface area contributed by atoms with Gasteiger partial charge in [-0.1, -0.05) is 12.8 Å². The third-order valence-electron chi connectivity index (χ3n) is 7.20. The molecule has 0 spiro atoms. The van der Waals surface area contributed by atoms with E-state index in [1.165, 1.54) is 6.92 Å². The maximum absolute atomic E-state index is 13.5. The van der Waals surface area contributed by atoms with Gasteiger partial charge in [-0.2, -0.15) is 0 Å². The van der Waals surface area contributed by atoms with E-state index in [9.17, 15) is 14.4 Å². The van der Waals surface area contributed by atoms with E-state index in [1.807, 2.05) is 4.90 Å². The summed E-state index contributed by atoms with van der Waals surface area (Å²) >= 11 is 0. The summed E-state index contributed by atoms with van der Waals surface area (Å²) in [5.74, 6) is 1.39. The van der Waals surface area contributed by atoms with E-state index < -0.39 is 0 Å². The lowest BCUT2D eigenvalue weighted by molar-refractivity contribution is -0.124. The highest BCUT2D eigenvalue weighted by Crippen LogP contribution is 2.34. The van der Waals surface area contributed by atoms with E-state index in [-0.39, 0.29) is 30.6 Å². The Bertz CT molecular complexity index is 1120. The van der Waals surface area contributed by atoms with Crippen LogP contribution in [0.25, 0.3) is 0 Å². The summed E-state index contributed by atoms with van der Waals surface area (Å²) in [7, 11) is 0. The van der Waals surface area contributed by atoms with Crippen LogP contribution >= 0.6 is 0 Å². The normalized spacial score (nSPS) is 18.6. The lowest BCUT2D eigenvalue weighted by Gasteiger charge is -2.40. The Morgan fingerprint density at radius 2 is 1.50 bits per heavy atom. The van der Waals surface area contributed by atoms with Crippen molar-refractivity contribution >= 4 is 29.1 Å². The van der Waals surface area contributed by atoms with Crippen molar-refractivity contribution in [3.63, 3.8) is 0 Å². The standard InChI is InChI=1S/C27H32N4O5/c1-18(32)28-21-7-9-22(10-8-21)29-26(33)25(19-4-2-3-5-19)30-12-14-31(15-13-30)27(34)20-6-11-23-24(16-20)36-17-35-23/h6-11,16,19,25H,2-5,12-15,17H2,1H3,(H,28,32)(H,29,33). The summed E-state index contributed by atoms with van der Waals surface area (Å²) < 4.78 is 10.8. The molecule has 2 aromatic carbocycles. The Morgan fingerprint density at radius 3 is 2.17 bits per heavy atom. The first kappa shape index (κ1) is 24.1. The highest BCUT2D eigenvalue weighted by Gasteiger charge is 2.37. The molecule has 2 fully saturated rings. The summed E-state index contributed by atoms with van der Waals surface area (Å²) in [5, 5.41) is 5.82. The van der Waals surface area contributed by atoms with Gasteiger partial charge >= 0.3 is 0 Å². The highest BCUT2D eigenvalue weighted by atomic mass is 16.7.